The number of hydrogen-bond acceptors (Lipinski definition) is 0. The molecule has 0 aromatic carbocycles. The van der Waals surface area contributed by atoms with Crippen molar-refractivity contribution in [3.63, 3.8) is 0 Å². The minimum absolute atomic E-state index is 0.358. The zero-order chi connectivity index (χ0) is 11.0. The summed E-state index contributed by atoms with van der Waals surface area (Å²) in [5, 5.41) is 0. The van der Waals surface area contributed by atoms with Crippen LogP contribution in [0.4, 0.5) is 0 Å². The second-order valence-corrected chi connectivity index (χ2v) is 4.56. The van der Waals surface area contributed by atoms with Crippen molar-refractivity contribution in [1.82, 2.24) is 0 Å². The first-order valence-electron chi connectivity index (χ1n) is 5.41. The molecule has 80 valence electrons. The van der Waals surface area contributed by atoms with Crippen molar-refractivity contribution in [1.29, 1.82) is 0 Å². The van der Waals surface area contributed by atoms with Crippen molar-refractivity contribution < 1.29 is 0 Å². The molecule has 0 amide bonds. The summed E-state index contributed by atoms with van der Waals surface area (Å²) in [5.74, 6) is 0.664. The molecule has 0 spiro atoms. The summed E-state index contributed by atoms with van der Waals surface area (Å²) in [6, 6.07) is 0. The Hall–Kier alpha value is -0.780. The monoisotopic (exact) mass is 192 g/mol. The van der Waals surface area contributed by atoms with E-state index >= 15 is 0 Å². The number of allylic oxidation sites excluding steroid dienone is 3. The fraction of sp³-hybridized carbons (Fsp3) is 0.571. The summed E-state index contributed by atoms with van der Waals surface area (Å²) < 4.78 is 0. The molecular weight excluding hydrogens is 168 g/mol. The summed E-state index contributed by atoms with van der Waals surface area (Å²) in [5.41, 5.74) is 0.358. The third-order valence-electron chi connectivity index (χ3n) is 3.00. The summed E-state index contributed by atoms with van der Waals surface area (Å²) in [7, 11) is 0. The summed E-state index contributed by atoms with van der Waals surface area (Å²) >= 11 is 0. The van der Waals surface area contributed by atoms with Gasteiger partial charge in [0.1, 0.15) is 0 Å². The van der Waals surface area contributed by atoms with Crippen LogP contribution < -0.4 is 0 Å². The van der Waals surface area contributed by atoms with Gasteiger partial charge in [0.2, 0.25) is 0 Å². The van der Waals surface area contributed by atoms with Crippen LogP contribution in [0.15, 0.2) is 38.0 Å². The van der Waals surface area contributed by atoms with Gasteiger partial charge in [-0.1, -0.05) is 32.1 Å². The smallest absolute Gasteiger partial charge is 0.0294 e. The molecule has 14 heavy (non-hydrogen) atoms. The van der Waals surface area contributed by atoms with Gasteiger partial charge in [-0.15, -0.1) is 19.7 Å². The topological polar surface area (TPSA) is 0 Å². The Balaban J connectivity index is 4.33. The Morgan fingerprint density at radius 3 is 1.86 bits per heavy atom. The van der Waals surface area contributed by atoms with Crippen LogP contribution in [0.3, 0.4) is 0 Å². The minimum atomic E-state index is 0.358. The molecular formula is C14H24. The van der Waals surface area contributed by atoms with Gasteiger partial charge in [0.25, 0.3) is 0 Å². The molecule has 0 aliphatic rings. The lowest BCUT2D eigenvalue weighted by atomic mass is 9.72. The van der Waals surface area contributed by atoms with Gasteiger partial charge in [0.15, 0.2) is 0 Å². The average Bonchev–Trinajstić information content (AvgIpc) is 2.14. The highest BCUT2D eigenvalue weighted by Crippen LogP contribution is 2.36. The Morgan fingerprint density at radius 1 is 1.00 bits per heavy atom. The SMILES string of the molecule is C=CCCC(C)(C)C(CC=C)CC=C. The molecule has 0 N–H and O–H groups in total. The van der Waals surface area contributed by atoms with Crippen molar-refractivity contribution in [3.05, 3.63) is 38.0 Å². The predicted octanol–water partition coefficient (Wildman–Crippen LogP) is 4.75. The molecule has 0 aromatic rings. The van der Waals surface area contributed by atoms with Crippen LogP contribution in [-0.2, 0) is 0 Å². The van der Waals surface area contributed by atoms with Crippen molar-refractivity contribution in [2.45, 2.75) is 39.5 Å². The maximum Gasteiger partial charge on any atom is -0.0294 e. The third kappa shape index (κ3) is 4.45. The zero-order valence-electron chi connectivity index (χ0n) is 9.76. The molecule has 0 bridgehead atoms. The van der Waals surface area contributed by atoms with Gasteiger partial charge in [0.05, 0.1) is 0 Å². The van der Waals surface area contributed by atoms with Crippen LogP contribution in [0.5, 0.6) is 0 Å². The molecule has 0 nitrogen and oxygen atoms in total. The summed E-state index contributed by atoms with van der Waals surface area (Å²) in [6.45, 7) is 16.1. The molecule has 0 fully saturated rings. The lowest BCUT2D eigenvalue weighted by Gasteiger charge is -2.33. The molecule has 0 unspecified atom stereocenters. The Bertz CT molecular complexity index is 176. The van der Waals surface area contributed by atoms with Crippen LogP contribution >= 0.6 is 0 Å². The second kappa shape index (κ2) is 6.64. The van der Waals surface area contributed by atoms with E-state index in [-0.39, 0.29) is 0 Å². The van der Waals surface area contributed by atoms with Gasteiger partial charge < -0.3 is 0 Å². The highest BCUT2D eigenvalue weighted by Gasteiger charge is 2.26. The van der Waals surface area contributed by atoms with Crippen molar-refractivity contribution >= 4 is 0 Å². The third-order valence-corrected chi connectivity index (χ3v) is 3.00. The van der Waals surface area contributed by atoms with Crippen molar-refractivity contribution in [2.24, 2.45) is 11.3 Å². The van der Waals surface area contributed by atoms with Gasteiger partial charge in [-0.3, -0.25) is 0 Å². The van der Waals surface area contributed by atoms with E-state index in [9.17, 15) is 0 Å². The highest BCUT2D eigenvalue weighted by atomic mass is 14.3. The van der Waals surface area contributed by atoms with E-state index in [0.29, 0.717) is 11.3 Å². The van der Waals surface area contributed by atoms with Gasteiger partial charge in [-0.2, -0.15) is 0 Å². The minimum Gasteiger partial charge on any atom is -0.103 e. The van der Waals surface area contributed by atoms with E-state index in [1.54, 1.807) is 0 Å². The van der Waals surface area contributed by atoms with Crippen LogP contribution in [0.2, 0.25) is 0 Å². The molecule has 0 radical (unpaired) electrons. The second-order valence-electron chi connectivity index (χ2n) is 4.56. The quantitative estimate of drug-likeness (QED) is 0.487. The molecule has 0 heterocycles. The van der Waals surface area contributed by atoms with Gasteiger partial charge in [-0.05, 0) is 37.0 Å². The van der Waals surface area contributed by atoms with E-state index < -0.39 is 0 Å². The molecule has 0 aromatic heterocycles. The lowest BCUT2D eigenvalue weighted by molar-refractivity contribution is 0.199. The summed E-state index contributed by atoms with van der Waals surface area (Å²) in [6.07, 6.45) is 10.5. The lowest BCUT2D eigenvalue weighted by Crippen LogP contribution is -2.23. The Labute approximate surface area is 89.4 Å². The van der Waals surface area contributed by atoms with Crippen LogP contribution in [0.25, 0.3) is 0 Å². The predicted molar refractivity (Wildman–Crippen MR) is 66.3 cm³/mol. The highest BCUT2D eigenvalue weighted by molar-refractivity contribution is 4.89. The molecule has 0 saturated carbocycles. The summed E-state index contributed by atoms with van der Waals surface area (Å²) in [4.78, 5) is 0. The molecule has 0 aliphatic heterocycles. The maximum absolute atomic E-state index is 3.82. The van der Waals surface area contributed by atoms with Crippen LogP contribution in [0.1, 0.15) is 39.5 Å². The van der Waals surface area contributed by atoms with E-state index in [1.165, 1.54) is 6.42 Å². The fourth-order valence-corrected chi connectivity index (χ4v) is 1.81. The fourth-order valence-electron chi connectivity index (χ4n) is 1.81. The first-order chi connectivity index (χ1) is 6.58. The van der Waals surface area contributed by atoms with E-state index in [1.807, 2.05) is 18.2 Å². The first kappa shape index (κ1) is 13.2. The molecule has 0 aliphatic carbocycles. The van der Waals surface area contributed by atoms with Gasteiger partial charge >= 0.3 is 0 Å². The first-order valence-corrected chi connectivity index (χ1v) is 5.41. The normalized spacial score (nSPS) is 11.4. The maximum atomic E-state index is 3.82. The number of hydrogen-bond donors (Lipinski definition) is 0. The number of rotatable bonds is 8. The molecule has 0 heteroatoms. The largest absolute Gasteiger partial charge is 0.103 e. The van der Waals surface area contributed by atoms with Crippen molar-refractivity contribution in [2.75, 3.05) is 0 Å². The molecule has 0 rings (SSSR count). The van der Waals surface area contributed by atoms with Gasteiger partial charge in [-0.25, -0.2) is 0 Å². The Kier molecular flexibility index (Phi) is 6.27. The van der Waals surface area contributed by atoms with Crippen LogP contribution in [0, 0.1) is 11.3 Å². The molecule has 0 atom stereocenters. The van der Waals surface area contributed by atoms with E-state index in [4.69, 9.17) is 0 Å². The molecule has 0 saturated heterocycles. The average molecular weight is 192 g/mol. The standard InChI is InChI=1S/C14H24/c1-6-9-12-14(4,5)13(10-7-2)11-8-3/h6-8,13H,1-3,9-12H2,4-5H3. The zero-order valence-corrected chi connectivity index (χ0v) is 9.76. The Morgan fingerprint density at radius 2 is 1.50 bits per heavy atom. The van der Waals surface area contributed by atoms with Crippen molar-refractivity contribution in [3.8, 4) is 0 Å². The van der Waals surface area contributed by atoms with E-state index in [2.05, 4.69) is 33.6 Å². The van der Waals surface area contributed by atoms with E-state index in [0.717, 1.165) is 19.3 Å². The van der Waals surface area contributed by atoms with Gasteiger partial charge in [0, 0.05) is 0 Å². The van der Waals surface area contributed by atoms with Crippen LogP contribution in [-0.4, -0.2) is 0 Å².